The Morgan fingerprint density at radius 3 is 2.58 bits per heavy atom. The second-order valence-corrected chi connectivity index (χ2v) is 6.00. The molecule has 0 aliphatic carbocycles. The van der Waals surface area contributed by atoms with Gasteiger partial charge in [-0.1, -0.05) is 24.3 Å². The van der Waals surface area contributed by atoms with Gasteiger partial charge in [0.05, 0.1) is 0 Å². The molecule has 1 aromatic heterocycles. The Bertz CT molecular complexity index is 748. The number of nitrogens with one attached hydrogen (secondary N) is 1. The number of fused-ring (bicyclic) bond motifs is 1. The van der Waals surface area contributed by atoms with Crippen LogP contribution in [-0.2, 0) is 0 Å². The molecular weight excluding hydrogens is 258 g/mol. The maximum atomic E-state index is 10.8. The summed E-state index contributed by atoms with van der Waals surface area (Å²) >= 11 is 0. The van der Waals surface area contributed by atoms with Crippen molar-refractivity contribution in [3.05, 3.63) is 60.0 Å². The lowest BCUT2D eigenvalue weighted by molar-refractivity contribution is 0.210. The summed E-state index contributed by atoms with van der Waals surface area (Å²) in [5.41, 5.74) is 0. The number of hydrogen-bond donors (Lipinski definition) is 2. The molecule has 0 saturated carbocycles. The Labute approximate surface area is 113 Å². The topological polar surface area (TPSA) is 49.3 Å². The normalized spacial score (nSPS) is 11.5. The Balaban J connectivity index is 2.09. The number of carbonyl (C=O) groups is 1. The number of hydrogen-bond acceptors (Lipinski definition) is 1. The molecular formula is C15H12NO2S+. The van der Waals surface area contributed by atoms with E-state index in [9.17, 15) is 4.79 Å². The second-order valence-electron chi connectivity index (χ2n) is 4.14. The van der Waals surface area contributed by atoms with Crippen molar-refractivity contribution in [3.8, 4) is 4.90 Å². The zero-order valence-electron chi connectivity index (χ0n) is 10.0. The van der Waals surface area contributed by atoms with Gasteiger partial charge in [0, 0.05) is 22.6 Å². The van der Waals surface area contributed by atoms with Crippen molar-refractivity contribution < 1.29 is 9.90 Å². The summed E-state index contributed by atoms with van der Waals surface area (Å²) in [5.74, 6) is 0. The minimum absolute atomic E-state index is 0.316. The molecule has 0 aliphatic rings. The van der Waals surface area contributed by atoms with Crippen LogP contribution >= 0.6 is 10.5 Å². The highest BCUT2D eigenvalue weighted by molar-refractivity contribution is 7.41. The SMILES string of the molecule is O=C(O)Nc1ccc[s+]1-c1ccc2ccccc2c1. The van der Waals surface area contributed by atoms with Crippen molar-refractivity contribution in [2.75, 3.05) is 5.32 Å². The molecule has 0 radical (unpaired) electrons. The average Bonchev–Trinajstić information content (AvgIpc) is 2.85. The first-order chi connectivity index (χ1) is 9.24. The first-order valence-corrected chi connectivity index (χ1v) is 7.13. The van der Waals surface area contributed by atoms with E-state index in [1.54, 1.807) is 0 Å². The predicted octanol–water partition coefficient (Wildman–Crippen LogP) is 4.67. The van der Waals surface area contributed by atoms with Gasteiger partial charge in [-0.15, -0.1) is 0 Å². The molecule has 1 atom stereocenters. The predicted molar refractivity (Wildman–Crippen MR) is 79.4 cm³/mol. The highest BCUT2D eigenvalue weighted by Gasteiger charge is 2.18. The first kappa shape index (κ1) is 11.7. The van der Waals surface area contributed by atoms with Gasteiger partial charge in [-0.25, -0.2) is 10.1 Å². The molecule has 3 aromatic rings. The van der Waals surface area contributed by atoms with Crippen molar-refractivity contribution in [1.29, 1.82) is 0 Å². The zero-order chi connectivity index (χ0) is 13.2. The minimum atomic E-state index is -1.02. The molecule has 0 fully saturated rings. The van der Waals surface area contributed by atoms with Crippen molar-refractivity contribution in [2.24, 2.45) is 0 Å². The number of benzene rings is 2. The maximum Gasteiger partial charge on any atom is 0.412 e. The molecule has 1 heterocycles. The standard InChI is InChI=1S/C15H11NO2S/c17-15(18)16-14-6-3-9-19(14)13-8-7-11-4-1-2-5-12(11)10-13/h1-10,16H/p+1. The third-order valence-electron chi connectivity index (χ3n) is 2.90. The van der Waals surface area contributed by atoms with Crippen LogP contribution in [0.25, 0.3) is 15.7 Å². The summed E-state index contributed by atoms with van der Waals surface area (Å²) in [5, 5.41) is 16.4. The molecule has 4 heteroatoms. The molecule has 19 heavy (non-hydrogen) atoms. The highest BCUT2D eigenvalue weighted by Crippen LogP contribution is 2.40. The van der Waals surface area contributed by atoms with E-state index in [-0.39, 0.29) is 10.5 Å². The summed E-state index contributed by atoms with van der Waals surface area (Å²) in [7, 11) is -0.316. The van der Waals surface area contributed by atoms with E-state index in [1.165, 1.54) is 10.8 Å². The summed E-state index contributed by atoms with van der Waals surface area (Å²) in [4.78, 5) is 11.9. The number of thiophene rings is 1. The average molecular weight is 270 g/mol. The van der Waals surface area contributed by atoms with Crippen molar-refractivity contribution in [1.82, 2.24) is 0 Å². The summed E-state index contributed by atoms with van der Waals surface area (Å²) < 4.78 is 0. The van der Waals surface area contributed by atoms with Crippen LogP contribution in [0.1, 0.15) is 0 Å². The lowest BCUT2D eigenvalue weighted by Crippen LogP contribution is -2.05. The van der Waals surface area contributed by atoms with E-state index in [4.69, 9.17) is 5.11 Å². The van der Waals surface area contributed by atoms with Crippen molar-refractivity contribution >= 4 is 32.3 Å². The Morgan fingerprint density at radius 2 is 1.79 bits per heavy atom. The van der Waals surface area contributed by atoms with E-state index < -0.39 is 6.09 Å². The molecule has 0 spiro atoms. The van der Waals surface area contributed by atoms with Gasteiger partial charge in [0.1, 0.15) is 5.38 Å². The summed E-state index contributed by atoms with van der Waals surface area (Å²) in [6.07, 6.45) is -1.02. The third kappa shape index (κ3) is 2.30. The smallest absolute Gasteiger partial charge is 0.412 e. The molecule has 94 valence electrons. The molecule has 1 amide bonds. The van der Waals surface area contributed by atoms with Gasteiger partial charge >= 0.3 is 6.09 Å². The van der Waals surface area contributed by atoms with Gasteiger partial charge < -0.3 is 5.11 Å². The van der Waals surface area contributed by atoms with Crippen LogP contribution in [-0.4, -0.2) is 11.2 Å². The van der Waals surface area contributed by atoms with E-state index in [0.29, 0.717) is 0 Å². The fraction of sp³-hybridized carbons (Fsp3) is 0. The number of anilines is 1. The highest BCUT2D eigenvalue weighted by atomic mass is 32.2. The van der Waals surface area contributed by atoms with Crippen LogP contribution in [0.2, 0.25) is 0 Å². The van der Waals surface area contributed by atoms with Crippen molar-refractivity contribution in [2.45, 2.75) is 0 Å². The lowest BCUT2D eigenvalue weighted by Gasteiger charge is -1.99. The molecule has 2 N–H and O–H groups in total. The van der Waals surface area contributed by atoms with Crippen LogP contribution in [0.3, 0.4) is 0 Å². The molecule has 2 aromatic carbocycles. The van der Waals surface area contributed by atoms with E-state index in [1.807, 2.05) is 29.6 Å². The quantitative estimate of drug-likeness (QED) is 0.665. The first-order valence-electron chi connectivity index (χ1n) is 5.84. The molecule has 0 aliphatic heterocycles. The number of amides is 1. The molecule has 0 saturated heterocycles. The van der Waals surface area contributed by atoms with Gasteiger partial charge in [-0.3, -0.25) is 0 Å². The Kier molecular flexibility index (Phi) is 2.93. The Hall–Kier alpha value is -2.33. The third-order valence-corrected chi connectivity index (χ3v) is 4.81. The van der Waals surface area contributed by atoms with E-state index in [0.717, 1.165) is 9.90 Å². The van der Waals surface area contributed by atoms with Crippen LogP contribution in [0.15, 0.2) is 60.0 Å². The van der Waals surface area contributed by atoms with Gasteiger partial charge in [0.2, 0.25) is 0 Å². The fourth-order valence-electron chi connectivity index (χ4n) is 2.06. The molecule has 3 rings (SSSR count). The zero-order valence-corrected chi connectivity index (χ0v) is 10.9. The van der Waals surface area contributed by atoms with Crippen LogP contribution in [0.5, 0.6) is 0 Å². The summed E-state index contributed by atoms with van der Waals surface area (Å²) in [6.45, 7) is 0. The van der Waals surface area contributed by atoms with Gasteiger partial charge in [-0.05, 0) is 29.0 Å². The molecule has 1 unspecified atom stereocenters. The Morgan fingerprint density at radius 1 is 1.00 bits per heavy atom. The fourth-order valence-corrected chi connectivity index (χ4v) is 3.75. The molecule has 0 bridgehead atoms. The van der Waals surface area contributed by atoms with Gasteiger partial charge in [-0.2, -0.15) is 0 Å². The second kappa shape index (κ2) is 4.74. The van der Waals surface area contributed by atoms with E-state index >= 15 is 0 Å². The minimum Gasteiger partial charge on any atom is -0.465 e. The van der Waals surface area contributed by atoms with Crippen LogP contribution < -0.4 is 5.32 Å². The summed E-state index contributed by atoms with van der Waals surface area (Å²) in [6, 6.07) is 18.1. The van der Waals surface area contributed by atoms with Crippen molar-refractivity contribution in [3.63, 3.8) is 0 Å². The van der Waals surface area contributed by atoms with Crippen LogP contribution in [0.4, 0.5) is 9.80 Å². The van der Waals surface area contributed by atoms with Gasteiger partial charge in [0.15, 0.2) is 4.90 Å². The number of carboxylic acid groups (broad SMARTS) is 1. The maximum absolute atomic E-state index is 10.8. The lowest BCUT2D eigenvalue weighted by atomic mass is 10.1. The van der Waals surface area contributed by atoms with Gasteiger partial charge in [0.25, 0.3) is 5.00 Å². The number of rotatable bonds is 2. The monoisotopic (exact) mass is 270 g/mol. The largest absolute Gasteiger partial charge is 0.465 e. The molecule has 3 nitrogen and oxygen atoms in total. The van der Waals surface area contributed by atoms with E-state index in [2.05, 4.69) is 35.6 Å². The van der Waals surface area contributed by atoms with Crippen LogP contribution in [0, 0.1) is 0 Å².